The predicted molar refractivity (Wildman–Crippen MR) is 66.6 cm³/mol. The van der Waals surface area contributed by atoms with Crippen molar-refractivity contribution in [3.8, 4) is 0 Å². The Balaban J connectivity index is 2.56. The summed E-state index contributed by atoms with van der Waals surface area (Å²) in [6.07, 6.45) is 2.75. The molecule has 0 aliphatic carbocycles. The molecule has 1 aliphatic rings. The zero-order chi connectivity index (χ0) is 13.1. The summed E-state index contributed by atoms with van der Waals surface area (Å²) in [6, 6.07) is 0. The van der Waals surface area contributed by atoms with Gasteiger partial charge in [0.05, 0.1) is 12.0 Å². The van der Waals surface area contributed by atoms with E-state index in [1.807, 2.05) is 0 Å². The van der Waals surface area contributed by atoms with Gasteiger partial charge in [-0.25, -0.2) is 25.9 Å². The molecule has 1 atom stereocenters. The van der Waals surface area contributed by atoms with E-state index in [1.165, 1.54) is 4.31 Å². The Hall–Kier alpha value is -0.180. The van der Waals surface area contributed by atoms with Crippen LogP contribution in [-0.4, -0.2) is 52.8 Å². The van der Waals surface area contributed by atoms with Crippen LogP contribution in [0, 0.1) is 5.92 Å². The molecule has 0 aromatic heterocycles. The third-order valence-corrected chi connectivity index (χ3v) is 5.41. The van der Waals surface area contributed by atoms with Gasteiger partial charge in [-0.2, -0.15) is 0 Å². The van der Waals surface area contributed by atoms with E-state index in [0.29, 0.717) is 19.6 Å². The summed E-state index contributed by atoms with van der Waals surface area (Å²) >= 11 is 0. The summed E-state index contributed by atoms with van der Waals surface area (Å²) in [7, 11) is -6.35. The fourth-order valence-corrected chi connectivity index (χ4v) is 3.65. The van der Waals surface area contributed by atoms with Gasteiger partial charge in [-0.1, -0.05) is 0 Å². The summed E-state index contributed by atoms with van der Waals surface area (Å²) in [5.74, 6) is 0.166. The van der Waals surface area contributed by atoms with Crippen LogP contribution in [-0.2, 0) is 20.0 Å². The summed E-state index contributed by atoms with van der Waals surface area (Å²) < 4.78 is 49.2. The highest BCUT2D eigenvalue weighted by Gasteiger charge is 2.27. The van der Waals surface area contributed by atoms with Crippen LogP contribution in [0.15, 0.2) is 0 Å². The minimum Gasteiger partial charge on any atom is -0.215 e. The molecule has 1 fully saturated rings. The highest BCUT2D eigenvalue weighted by molar-refractivity contribution is 7.89. The average molecular weight is 284 g/mol. The van der Waals surface area contributed by atoms with Gasteiger partial charge >= 0.3 is 0 Å². The van der Waals surface area contributed by atoms with Crippen LogP contribution in [0.1, 0.15) is 19.8 Å². The maximum absolute atomic E-state index is 11.7. The molecule has 0 amide bonds. The maximum Gasteiger partial charge on any atom is 0.213 e. The summed E-state index contributed by atoms with van der Waals surface area (Å²) in [5.41, 5.74) is 0. The zero-order valence-corrected chi connectivity index (χ0v) is 11.8. The molecule has 8 heteroatoms. The first-order chi connectivity index (χ1) is 7.74. The first-order valence-electron chi connectivity index (χ1n) is 5.67. The molecule has 0 aromatic rings. The van der Waals surface area contributed by atoms with E-state index in [9.17, 15) is 16.8 Å². The van der Waals surface area contributed by atoms with Crippen LogP contribution in [0.3, 0.4) is 0 Å². The second kappa shape index (κ2) is 5.64. The highest BCUT2D eigenvalue weighted by atomic mass is 32.2. The maximum atomic E-state index is 11.7. The van der Waals surface area contributed by atoms with Crippen molar-refractivity contribution in [3.05, 3.63) is 0 Å². The van der Waals surface area contributed by atoms with Crippen LogP contribution in [0.25, 0.3) is 0 Å². The molecular formula is C9H20N2O4S2. The molecule has 0 radical (unpaired) electrons. The quantitative estimate of drug-likeness (QED) is 0.744. The normalized spacial score (nSPS) is 23.8. The molecule has 17 heavy (non-hydrogen) atoms. The van der Waals surface area contributed by atoms with Gasteiger partial charge in [0.25, 0.3) is 0 Å². The molecule has 0 bridgehead atoms. The van der Waals surface area contributed by atoms with Crippen molar-refractivity contribution in [3.63, 3.8) is 0 Å². The second-order valence-corrected chi connectivity index (χ2v) is 8.48. The van der Waals surface area contributed by atoms with E-state index in [2.05, 4.69) is 4.72 Å². The van der Waals surface area contributed by atoms with Crippen LogP contribution < -0.4 is 4.72 Å². The van der Waals surface area contributed by atoms with E-state index in [4.69, 9.17) is 0 Å². The van der Waals surface area contributed by atoms with Crippen molar-refractivity contribution in [1.29, 1.82) is 0 Å². The Morgan fingerprint density at radius 3 is 2.47 bits per heavy atom. The monoisotopic (exact) mass is 284 g/mol. The second-order valence-electron chi connectivity index (χ2n) is 4.39. The first kappa shape index (κ1) is 14.9. The van der Waals surface area contributed by atoms with Crippen LogP contribution in [0.5, 0.6) is 0 Å². The standard InChI is InChI=1S/C9H20N2O4S2/c1-3-17(14,15)11-6-4-5-9(8-11)7-10-16(2,12)13/h9-10H,3-8H2,1-2H3. The lowest BCUT2D eigenvalue weighted by Gasteiger charge is -2.31. The van der Waals surface area contributed by atoms with Gasteiger partial charge in [0.2, 0.25) is 20.0 Å². The third-order valence-electron chi connectivity index (χ3n) is 2.87. The molecule has 0 aromatic carbocycles. The Morgan fingerprint density at radius 2 is 1.94 bits per heavy atom. The topological polar surface area (TPSA) is 83.6 Å². The molecule has 0 saturated carbocycles. The lowest BCUT2D eigenvalue weighted by molar-refractivity contribution is 0.267. The van der Waals surface area contributed by atoms with Crippen LogP contribution in [0.4, 0.5) is 0 Å². The fourth-order valence-electron chi connectivity index (χ4n) is 1.90. The molecule has 102 valence electrons. The molecule has 1 unspecified atom stereocenters. The number of hydrogen-bond donors (Lipinski definition) is 1. The number of rotatable bonds is 5. The zero-order valence-electron chi connectivity index (χ0n) is 10.2. The minimum absolute atomic E-state index is 0.0693. The van der Waals surface area contributed by atoms with Crippen molar-refractivity contribution in [2.24, 2.45) is 5.92 Å². The fraction of sp³-hybridized carbons (Fsp3) is 1.00. The number of hydrogen-bond acceptors (Lipinski definition) is 4. The lowest BCUT2D eigenvalue weighted by Crippen LogP contribution is -2.44. The Morgan fingerprint density at radius 1 is 1.29 bits per heavy atom. The summed E-state index contributed by atoms with van der Waals surface area (Å²) in [4.78, 5) is 0. The highest BCUT2D eigenvalue weighted by Crippen LogP contribution is 2.18. The van der Waals surface area contributed by atoms with Crippen molar-refractivity contribution in [1.82, 2.24) is 9.03 Å². The Labute approximate surface area is 103 Å². The Bertz CT molecular complexity index is 444. The van der Waals surface area contributed by atoms with Gasteiger partial charge in [0.1, 0.15) is 0 Å². The van der Waals surface area contributed by atoms with Gasteiger partial charge in [0.15, 0.2) is 0 Å². The van der Waals surface area contributed by atoms with Gasteiger partial charge in [-0.3, -0.25) is 0 Å². The van der Waals surface area contributed by atoms with Crippen LogP contribution >= 0.6 is 0 Å². The van der Waals surface area contributed by atoms with E-state index >= 15 is 0 Å². The molecule has 1 heterocycles. The van der Waals surface area contributed by atoms with E-state index in [1.54, 1.807) is 6.92 Å². The van der Waals surface area contributed by atoms with Crippen LogP contribution in [0.2, 0.25) is 0 Å². The van der Waals surface area contributed by atoms with Gasteiger partial charge in [-0.05, 0) is 25.7 Å². The predicted octanol–water partition coefficient (Wildman–Crippen LogP) is -0.403. The van der Waals surface area contributed by atoms with Crippen molar-refractivity contribution in [2.75, 3.05) is 31.6 Å². The largest absolute Gasteiger partial charge is 0.215 e. The molecule has 1 N–H and O–H groups in total. The number of sulfonamides is 2. The number of nitrogens with zero attached hydrogens (tertiary/aromatic N) is 1. The molecule has 1 rings (SSSR count). The lowest BCUT2D eigenvalue weighted by atomic mass is 10.0. The Kier molecular flexibility index (Phi) is 4.94. The van der Waals surface area contributed by atoms with Crippen molar-refractivity contribution < 1.29 is 16.8 Å². The first-order valence-corrected chi connectivity index (χ1v) is 9.17. The molecule has 1 aliphatic heterocycles. The minimum atomic E-state index is -3.20. The van der Waals surface area contributed by atoms with Gasteiger partial charge in [-0.15, -0.1) is 0 Å². The molecule has 6 nitrogen and oxygen atoms in total. The molecule has 0 spiro atoms. The molecule has 1 saturated heterocycles. The average Bonchev–Trinajstić information content (AvgIpc) is 2.26. The smallest absolute Gasteiger partial charge is 0.213 e. The van der Waals surface area contributed by atoms with Crippen molar-refractivity contribution in [2.45, 2.75) is 19.8 Å². The van der Waals surface area contributed by atoms with E-state index in [-0.39, 0.29) is 11.7 Å². The van der Waals surface area contributed by atoms with Crippen molar-refractivity contribution >= 4 is 20.0 Å². The summed E-state index contributed by atoms with van der Waals surface area (Å²) in [6.45, 7) is 2.90. The van der Waals surface area contributed by atoms with E-state index in [0.717, 1.165) is 19.1 Å². The SMILES string of the molecule is CCS(=O)(=O)N1CCCC(CNS(C)(=O)=O)C1. The van der Waals surface area contributed by atoms with Gasteiger partial charge < -0.3 is 0 Å². The van der Waals surface area contributed by atoms with E-state index < -0.39 is 20.0 Å². The molecular weight excluding hydrogens is 264 g/mol. The third kappa shape index (κ3) is 4.90. The van der Waals surface area contributed by atoms with Gasteiger partial charge in [0, 0.05) is 19.6 Å². The number of piperidine rings is 1. The number of nitrogens with one attached hydrogen (secondary N) is 1. The summed E-state index contributed by atoms with van der Waals surface area (Å²) in [5, 5.41) is 0.